The quantitative estimate of drug-likeness (QED) is 0.836. The van der Waals surface area contributed by atoms with Gasteiger partial charge in [-0.3, -0.25) is 0 Å². The normalized spacial score (nSPS) is 21.3. The molecule has 0 spiro atoms. The lowest BCUT2D eigenvalue weighted by atomic mass is 10.0. The fourth-order valence-corrected chi connectivity index (χ4v) is 4.44. The maximum atomic E-state index is 13.1. The largest absolute Gasteiger partial charge is 0.497 e. The number of rotatable bonds is 5. The summed E-state index contributed by atoms with van der Waals surface area (Å²) in [5.41, 5.74) is 2.22. The zero-order valence-corrected chi connectivity index (χ0v) is 17.1. The van der Waals surface area contributed by atoms with E-state index in [4.69, 9.17) is 9.47 Å². The predicted octanol–water partition coefficient (Wildman–Crippen LogP) is 3.83. The van der Waals surface area contributed by atoms with Crippen LogP contribution in [-0.2, 0) is 0 Å². The van der Waals surface area contributed by atoms with Crippen molar-refractivity contribution >= 4 is 11.7 Å². The monoisotopic (exact) mass is 395 g/mol. The number of nitrogens with zero attached hydrogens (tertiary/aromatic N) is 2. The lowest BCUT2D eigenvalue weighted by molar-refractivity contribution is 0.188. The van der Waals surface area contributed by atoms with Gasteiger partial charge in [0.2, 0.25) is 0 Å². The maximum absolute atomic E-state index is 13.1. The summed E-state index contributed by atoms with van der Waals surface area (Å²) in [7, 11) is 3.32. The van der Waals surface area contributed by atoms with Gasteiger partial charge in [0, 0.05) is 36.9 Å². The van der Waals surface area contributed by atoms with E-state index in [2.05, 4.69) is 34.5 Å². The first-order valence-corrected chi connectivity index (χ1v) is 10.3. The van der Waals surface area contributed by atoms with Crippen LogP contribution in [0, 0.1) is 0 Å². The van der Waals surface area contributed by atoms with Crippen LogP contribution in [0.1, 0.15) is 30.9 Å². The van der Waals surface area contributed by atoms with E-state index < -0.39 is 0 Å². The van der Waals surface area contributed by atoms with Crippen LogP contribution < -0.4 is 19.7 Å². The fraction of sp³-hybridized carbons (Fsp3) is 0.435. The van der Waals surface area contributed by atoms with Crippen molar-refractivity contribution in [3.63, 3.8) is 0 Å². The number of carbonyl (C=O) groups excluding carboxylic acids is 1. The summed E-state index contributed by atoms with van der Waals surface area (Å²) >= 11 is 0. The van der Waals surface area contributed by atoms with E-state index in [9.17, 15) is 4.79 Å². The minimum Gasteiger partial charge on any atom is -0.497 e. The number of ether oxygens (including phenoxy) is 2. The highest BCUT2D eigenvalue weighted by Crippen LogP contribution is 2.39. The van der Waals surface area contributed by atoms with Crippen LogP contribution in [0.2, 0.25) is 0 Å². The second-order valence-corrected chi connectivity index (χ2v) is 7.68. The van der Waals surface area contributed by atoms with Crippen molar-refractivity contribution in [1.29, 1.82) is 0 Å². The predicted molar refractivity (Wildman–Crippen MR) is 114 cm³/mol. The zero-order valence-electron chi connectivity index (χ0n) is 17.1. The van der Waals surface area contributed by atoms with Crippen LogP contribution in [-0.4, -0.2) is 50.8 Å². The molecule has 2 unspecified atom stereocenters. The van der Waals surface area contributed by atoms with Crippen LogP contribution in [0.5, 0.6) is 11.5 Å². The molecule has 6 heteroatoms. The van der Waals surface area contributed by atoms with Crippen LogP contribution in [0.4, 0.5) is 10.5 Å². The number of para-hydroxylation sites is 1. The average molecular weight is 396 g/mol. The number of benzene rings is 2. The smallest absolute Gasteiger partial charge is 0.318 e. The highest BCUT2D eigenvalue weighted by atomic mass is 16.5. The Labute approximate surface area is 172 Å². The zero-order chi connectivity index (χ0) is 20.2. The van der Waals surface area contributed by atoms with Gasteiger partial charge in [0.1, 0.15) is 11.5 Å². The molecule has 0 saturated carbocycles. The maximum Gasteiger partial charge on any atom is 0.318 e. The van der Waals surface area contributed by atoms with Gasteiger partial charge >= 0.3 is 6.03 Å². The van der Waals surface area contributed by atoms with Gasteiger partial charge in [-0.2, -0.15) is 0 Å². The number of urea groups is 1. The molecular formula is C23H29N3O3. The molecule has 2 aromatic carbocycles. The molecule has 2 fully saturated rings. The minimum atomic E-state index is 0.00618. The van der Waals surface area contributed by atoms with E-state index in [0.29, 0.717) is 0 Å². The van der Waals surface area contributed by atoms with Gasteiger partial charge < -0.3 is 24.6 Å². The Kier molecular flexibility index (Phi) is 5.79. The van der Waals surface area contributed by atoms with Crippen molar-refractivity contribution in [3.05, 3.63) is 54.1 Å². The van der Waals surface area contributed by atoms with Gasteiger partial charge in [-0.15, -0.1) is 0 Å². The van der Waals surface area contributed by atoms with Crippen LogP contribution in [0.15, 0.2) is 48.5 Å². The summed E-state index contributed by atoms with van der Waals surface area (Å²) in [4.78, 5) is 17.4. The molecule has 29 heavy (non-hydrogen) atoms. The third-order valence-electron chi connectivity index (χ3n) is 5.95. The van der Waals surface area contributed by atoms with Gasteiger partial charge in [0.25, 0.3) is 0 Å². The lowest BCUT2D eigenvalue weighted by Crippen LogP contribution is -2.45. The fourth-order valence-electron chi connectivity index (χ4n) is 4.44. The third kappa shape index (κ3) is 4.11. The van der Waals surface area contributed by atoms with Gasteiger partial charge in [0.05, 0.1) is 20.3 Å². The molecule has 1 N–H and O–H groups in total. The van der Waals surface area contributed by atoms with E-state index in [0.717, 1.165) is 56.0 Å². The topological polar surface area (TPSA) is 54.0 Å². The second kappa shape index (κ2) is 8.64. The molecule has 2 atom stereocenters. The van der Waals surface area contributed by atoms with E-state index in [1.165, 1.54) is 5.69 Å². The Morgan fingerprint density at radius 1 is 1.03 bits per heavy atom. The molecule has 0 radical (unpaired) electrons. The number of amides is 2. The molecule has 0 bridgehead atoms. The van der Waals surface area contributed by atoms with E-state index in [1.807, 2.05) is 29.2 Å². The lowest BCUT2D eigenvalue weighted by Gasteiger charge is -2.28. The van der Waals surface area contributed by atoms with Crippen LogP contribution in [0.3, 0.4) is 0 Å². The first-order chi connectivity index (χ1) is 14.2. The molecule has 2 amide bonds. The molecule has 2 aliphatic rings. The summed E-state index contributed by atoms with van der Waals surface area (Å²) in [5.74, 6) is 1.58. The van der Waals surface area contributed by atoms with E-state index in [-0.39, 0.29) is 18.1 Å². The number of carbonyl (C=O) groups is 1. The second-order valence-electron chi connectivity index (χ2n) is 7.68. The molecule has 2 heterocycles. The molecule has 2 aromatic rings. The number of likely N-dealkylation sites (tertiary alicyclic amines) is 1. The Balaban J connectivity index is 1.44. The summed E-state index contributed by atoms with van der Waals surface area (Å²) in [6, 6.07) is 16.3. The number of methoxy groups -OCH3 is 2. The number of hydrogen-bond acceptors (Lipinski definition) is 4. The van der Waals surface area contributed by atoms with E-state index in [1.54, 1.807) is 14.2 Å². The van der Waals surface area contributed by atoms with Gasteiger partial charge in [-0.25, -0.2) is 4.79 Å². The summed E-state index contributed by atoms with van der Waals surface area (Å²) in [6.45, 7) is 2.56. The van der Waals surface area contributed by atoms with Gasteiger partial charge in [0.15, 0.2) is 0 Å². The minimum absolute atomic E-state index is 0.00618. The molecule has 0 aromatic heterocycles. The van der Waals surface area contributed by atoms with Crippen molar-refractivity contribution in [2.24, 2.45) is 0 Å². The van der Waals surface area contributed by atoms with Gasteiger partial charge in [-0.05, 0) is 49.6 Å². The average Bonchev–Trinajstić information content (AvgIpc) is 3.43. The van der Waals surface area contributed by atoms with E-state index >= 15 is 0 Å². The van der Waals surface area contributed by atoms with Crippen molar-refractivity contribution in [2.75, 3.05) is 38.8 Å². The summed E-state index contributed by atoms with van der Waals surface area (Å²) < 4.78 is 11.0. The highest BCUT2D eigenvalue weighted by Gasteiger charge is 2.34. The SMILES string of the molecule is COc1ccc(OC)c(C2CCCN2C(=O)NC2CCN(c3ccccc3)C2)c1. The summed E-state index contributed by atoms with van der Waals surface area (Å²) in [5, 5.41) is 3.26. The highest BCUT2D eigenvalue weighted by molar-refractivity contribution is 5.76. The van der Waals surface area contributed by atoms with Gasteiger partial charge in [-0.1, -0.05) is 18.2 Å². The molecular weight excluding hydrogens is 366 g/mol. The van der Waals surface area contributed by atoms with Crippen molar-refractivity contribution in [1.82, 2.24) is 10.2 Å². The number of anilines is 1. The Hall–Kier alpha value is -2.89. The molecule has 4 rings (SSSR count). The summed E-state index contributed by atoms with van der Waals surface area (Å²) in [6.07, 6.45) is 2.87. The number of hydrogen-bond donors (Lipinski definition) is 1. The van der Waals surface area contributed by atoms with Crippen LogP contribution >= 0.6 is 0 Å². The number of nitrogens with one attached hydrogen (secondary N) is 1. The van der Waals surface area contributed by atoms with Crippen LogP contribution in [0.25, 0.3) is 0 Å². The van der Waals surface area contributed by atoms with Crippen molar-refractivity contribution in [2.45, 2.75) is 31.3 Å². The van der Waals surface area contributed by atoms with Crippen molar-refractivity contribution in [3.8, 4) is 11.5 Å². The Morgan fingerprint density at radius 2 is 1.86 bits per heavy atom. The molecule has 0 aliphatic carbocycles. The first kappa shape index (κ1) is 19.4. The Morgan fingerprint density at radius 3 is 2.62 bits per heavy atom. The Bertz CT molecular complexity index is 843. The molecule has 2 saturated heterocycles. The molecule has 6 nitrogen and oxygen atoms in total. The first-order valence-electron chi connectivity index (χ1n) is 10.3. The molecule has 2 aliphatic heterocycles. The third-order valence-corrected chi connectivity index (χ3v) is 5.95. The van der Waals surface area contributed by atoms with Crippen molar-refractivity contribution < 1.29 is 14.3 Å². The standard InChI is InChI=1S/C23H29N3O3/c1-28-19-10-11-22(29-2)20(15-19)21-9-6-13-26(21)23(27)24-17-12-14-25(16-17)18-7-4-3-5-8-18/h3-5,7-8,10-11,15,17,21H,6,9,12-14,16H2,1-2H3,(H,24,27). The molecule has 154 valence electrons.